The lowest BCUT2D eigenvalue weighted by Crippen LogP contribution is -2.48. The van der Waals surface area contributed by atoms with Gasteiger partial charge in [0.1, 0.15) is 0 Å². The van der Waals surface area contributed by atoms with Crippen LogP contribution in [0, 0.1) is 0 Å². The van der Waals surface area contributed by atoms with Crippen LogP contribution in [0.5, 0.6) is 0 Å². The highest BCUT2D eigenvalue weighted by atomic mass is 16.5. The molecule has 4 N–H and O–H groups in total. The zero-order valence-electron chi connectivity index (χ0n) is 6.64. The van der Waals surface area contributed by atoms with Gasteiger partial charge in [0.25, 0.3) is 0 Å². The molecule has 0 bridgehead atoms. The molecule has 0 aromatic rings. The van der Waals surface area contributed by atoms with Crippen molar-refractivity contribution in [2.24, 2.45) is 5.73 Å². The number of nitrogens with two attached hydrogens (primary N) is 1. The molecule has 1 saturated heterocycles. The molecule has 0 aromatic heterocycles. The Morgan fingerprint density at radius 1 is 1.67 bits per heavy atom. The maximum Gasteiger partial charge on any atom is 0.472 e. The summed E-state index contributed by atoms with van der Waals surface area (Å²) in [6, 6.07) is 0. The second-order valence-corrected chi connectivity index (χ2v) is 2.99. The van der Waals surface area contributed by atoms with Gasteiger partial charge in [0, 0.05) is 5.94 Å². The Kier molecular flexibility index (Phi) is 3.08. The molecule has 12 heavy (non-hydrogen) atoms. The molecular formula is C6H12BNO4. The molecule has 6 heteroatoms. The average Bonchev–Trinajstić information content (AvgIpc) is 1.96. The third kappa shape index (κ3) is 2.47. The van der Waals surface area contributed by atoms with Crippen LogP contribution in [0.25, 0.3) is 0 Å². The third-order valence-electron chi connectivity index (χ3n) is 1.92. The number of carboxylic acid groups (broad SMARTS) is 1. The minimum atomic E-state index is -1.01. The van der Waals surface area contributed by atoms with Gasteiger partial charge in [-0.25, -0.2) is 0 Å². The van der Waals surface area contributed by atoms with Gasteiger partial charge in [-0.3, -0.25) is 4.79 Å². The molecular weight excluding hydrogens is 161 g/mol. The Hall–Kier alpha value is -0.585. The molecule has 1 unspecified atom stereocenters. The Morgan fingerprint density at radius 3 is 2.83 bits per heavy atom. The number of rotatable bonds is 2. The van der Waals surface area contributed by atoms with E-state index in [1.165, 1.54) is 0 Å². The fourth-order valence-corrected chi connectivity index (χ4v) is 1.23. The molecule has 0 saturated carbocycles. The van der Waals surface area contributed by atoms with E-state index in [9.17, 15) is 4.79 Å². The fraction of sp³-hybridized carbons (Fsp3) is 0.833. The number of carboxylic acids is 1. The summed E-state index contributed by atoms with van der Waals surface area (Å²) in [5, 5.41) is 17.5. The monoisotopic (exact) mass is 173 g/mol. The van der Waals surface area contributed by atoms with Crippen molar-refractivity contribution in [3.8, 4) is 0 Å². The van der Waals surface area contributed by atoms with Crippen molar-refractivity contribution >= 4 is 13.1 Å². The smallest absolute Gasteiger partial charge is 0.472 e. The zero-order valence-corrected chi connectivity index (χ0v) is 6.64. The second kappa shape index (κ2) is 3.89. The van der Waals surface area contributed by atoms with Crippen LogP contribution in [0.4, 0.5) is 0 Å². The summed E-state index contributed by atoms with van der Waals surface area (Å²) in [7, 11) is -1.01. The lowest BCUT2D eigenvalue weighted by atomic mass is 9.73. The van der Waals surface area contributed by atoms with E-state index < -0.39 is 19.2 Å². The topological polar surface area (TPSA) is 92.8 Å². The summed E-state index contributed by atoms with van der Waals surface area (Å²) < 4.78 is 4.96. The average molecular weight is 173 g/mol. The molecule has 5 nitrogen and oxygen atoms in total. The molecule has 0 amide bonds. The predicted octanol–water partition coefficient (Wildman–Crippen LogP) is -1.01. The first-order chi connectivity index (χ1) is 5.59. The van der Waals surface area contributed by atoms with E-state index in [-0.39, 0.29) is 12.4 Å². The summed E-state index contributed by atoms with van der Waals surface area (Å²) in [5.74, 6) is -1.29. The minimum Gasteiger partial charge on any atom is -0.481 e. The highest BCUT2D eigenvalue weighted by molar-refractivity contribution is 6.45. The SMILES string of the molecule is N[C@H]1CCC(CC(=O)O)OB1O. The normalized spacial score (nSPS) is 30.3. The van der Waals surface area contributed by atoms with Gasteiger partial charge in [0.15, 0.2) is 0 Å². The third-order valence-corrected chi connectivity index (χ3v) is 1.92. The molecule has 1 fully saturated rings. The Morgan fingerprint density at radius 2 is 2.33 bits per heavy atom. The first kappa shape index (κ1) is 9.50. The van der Waals surface area contributed by atoms with Crippen LogP contribution in [0.3, 0.4) is 0 Å². The van der Waals surface area contributed by atoms with Crippen molar-refractivity contribution in [3.63, 3.8) is 0 Å². The van der Waals surface area contributed by atoms with Crippen molar-refractivity contribution in [3.05, 3.63) is 0 Å². The summed E-state index contributed by atoms with van der Waals surface area (Å²) in [6.45, 7) is 0. The molecule has 0 spiro atoms. The van der Waals surface area contributed by atoms with Gasteiger partial charge in [0.2, 0.25) is 0 Å². The Bertz CT molecular complexity index is 177. The highest BCUT2D eigenvalue weighted by Gasteiger charge is 2.33. The molecule has 1 heterocycles. The standard InChI is InChI=1S/C6H12BNO4/c8-5-2-1-4(3-6(9)10)12-7(5)11/h4-5,11H,1-3,8H2,(H,9,10)/t4?,5-/m0/s1. The van der Waals surface area contributed by atoms with Crippen LogP contribution in [-0.2, 0) is 9.45 Å². The molecule has 68 valence electrons. The lowest BCUT2D eigenvalue weighted by Gasteiger charge is -2.27. The van der Waals surface area contributed by atoms with Gasteiger partial charge in [-0.15, -0.1) is 0 Å². The summed E-state index contributed by atoms with van der Waals surface area (Å²) in [4.78, 5) is 10.3. The Balaban J connectivity index is 2.35. The summed E-state index contributed by atoms with van der Waals surface area (Å²) in [6.07, 6.45) is 0.755. The van der Waals surface area contributed by atoms with E-state index in [0.29, 0.717) is 12.8 Å². The first-order valence-electron chi connectivity index (χ1n) is 3.90. The van der Waals surface area contributed by atoms with Gasteiger partial charge in [-0.05, 0) is 12.8 Å². The maximum absolute atomic E-state index is 10.3. The molecule has 2 atom stereocenters. The van der Waals surface area contributed by atoms with Crippen molar-refractivity contribution < 1.29 is 19.6 Å². The van der Waals surface area contributed by atoms with Gasteiger partial charge >= 0.3 is 13.1 Å². The molecule has 0 radical (unpaired) electrons. The van der Waals surface area contributed by atoms with Crippen molar-refractivity contribution in [1.29, 1.82) is 0 Å². The van der Waals surface area contributed by atoms with Gasteiger partial charge in [-0.2, -0.15) is 0 Å². The highest BCUT2D eigenvalue weighted by Crippen LogP contribution is 2.16. The summed E-state index contributed by atoms with van der Waals surface area (Å²) >= 11 is 0. The fourth-order valence-electron chi connectivity index (χ4n) is 1.23. The van der Waals surface area contributed by atoms with Crippen LogP contribution in [0.15, 0.2) is 0 Å². The largest absolute Gasteiger partial charge is 0.481 e. The number of hydrogen-bond acceptors (Lipinski definition) is 4. The molecule has 0 aliphatic carbocycles. The molecule has 0 aromatic carbocycles. The number of aliphatic carboxylic acids is 1. The van der Waals surface area contributed by atoms with Crippen LogP contribution >= 0.6 is 0 Å². The van der Waals surface area contributed by atoms with Gasteiger partial charge in [-0.1, -0.05) is 0 Å². The van der Waals surface area contributed by atoms with Crippen LogP contribution < -0.4 is 5.73 Å². The zero-order chi connectivity index (χ0) is 9.14. The van der Waals surface area contributed by atoms with Gasteiger partial charge < -0.3 is 20.5 Å². The first-order valence-corrected chi connectivity index (χ1v) is 3.90. The van der Waals surface area contributed by atoms with E-state index in [2.05, 4.69) is 0 Å². The van der Waals surface area contributed by atoms with Crippen LogP contribution in [0.2, 0.25) is 0 Å². The van der Waals surface area contributed by atoms with E-state index >= 15 is 0 Å². The van der Waals surface area contributed by atoms with E-state index in [1.807, 2.05) is 0 Å². The molecule has 1 aliphatic heterocycles. The quantitative estimate of drug-likeness (QED) is 0.465. The Labute approximate surface area is 70.7 Å². The van der Waals surface area contributed by atoms with Crippen LogP contribution in [0.1, 0.15) is 19.3 Å². The number of carbonyl (C=O) groups is 1. The minimum absolute atomic E-state index is 0.0657. The maximum atomic E-state index is 10.3. The van der Waals surface area contributed by atoms with Crippen molar-refractivity contribution in [2.45, 2.75) is 31.3 Å². The molecule has 1 aliphatic rings. The van der Waals surface area contributed by atoms with Crippen LogP contribution in [-0.4, -0.2) is 35.3 Å². The van der Waals surface area contributed by atoms with E-state index in [4.69, 9.17) is 20.5 Å². The summed E-state index contributed by atoms with van der Waals surface area (Å²) in [5.41, 5.74) is 5.45. The number of hydrogen-bond donors (Lipinski definition) is 3. The van der Waals surface area contributed by atoms with Crippen molar-refractivity contribution in [1.82, 2.24) is 0 Å². The van der Waals surface area contributed by atoms with Gasteiger partial charge in [0.05, 0.1) is 12.5 Å². The van der Waals surface area contributed by atoms with Crippen molar-refractivity contribution in [2.75, 3.05) is 0 Å². The second-order valence-electron chi connectivity index (χ2n) is 2.99. The predicted molar refractivity (Wildman–Crippen MR) is 42.3 cm³/mol. The van der Waals surface area contributed by atoms with E-state index in [1.54, 1.807) is 0 Å². The van der Waals surface area contributed by atoms with E-state index in [0.717, 1.165) is 0 Å². The molecule has 1 rings (SSSR count). The lowest BCUT2D eigenvalue weighted by molar-refractivity contribution is -0.139.